The van der Waals surface area contributed by atoms with Gasteiger partial charge in [0.05, 0.1) is 0 Å². The summed E-state index contributed by atoms with van der Waals surface area (Å²) in [5.41, 5.74) is 0. The normalized spacial score (nSPS) is 16.6. The Morgan fingerprint density at radius 3 is 1.75 bits per heavy atom. The van der Waals surface area contributed by atoms with Crippen LogP contribution < -0.4 is 0 Å². The minimum atomic E-state index is 1.25. The summed E-state index contributed by atoms with van der Waals surface area (Å²) in [6.07, 6.45) is 4.30. The highest BCUT2D eigenvalue weighted by Gasteiger charge is 2.05. The molecule has 1 saturated heterocycles. The molecule has 0 aromatic heterocycles. The highest BCUT2D eigenvalue weighted by atomic mass is 16.1. The highest BCUT2D eigenvalue weighted by Crippen LogP contribution is 2.06. The molecule has 2 heteroatoms. The number of carbonyl (C=O) groups is 1. The van der Waals surface area contributed by atoms with Crippen LogP contribution in [0.1, 0.15) is 40.0 Å². The maximum atomic E-state index is 8.00. The van der Waals surface area contributed by atoms with E-state index in [9.17, 15) is 0 Å². The fraction of sp³-hybridized carbons (Fsp3) is 0.900. The van der Waals surface area contributed by atoms with Gasteiger partial charge in [0, 0.05) is 0 Å². The fourth-order valence-corrected chi connectivity index (χ4v) is 1.28. The van der Waals surface area contributed by atoms with Gasteiger partial charge in [-0.3, -0.25) is 0 Å². The molecule has 1 rings (SSSR count). The Morgan fingerprint density at radius 2 is 1.50 bits per heavy atom. The molecule has 0 aliphatic carbocycles. The predicted molar refractivity (Wildman–Crippen MR) is 54.4 cm³/mol. The molecule has 12 heavy (non-hydrogen) atoms. The Balaban J connectivity index is 0. The fourth-order valence-electron chi connectivity index (χ4n) is 1.28. The Morgan fingerprint density at radius 1 is 1.08 bits per heavy atom. The van der Waals surface area contributed by atoms with Gasteiger partial charge in [-0.25, -0.2) is 0 Å². The number of hydrogen-bond acceptors (Lipinski definition) is 2. The molecular weight excluding hydrogens is 150 g/mol. The summed E-state index contributed by atoms with van der Waals surface area (Å²) >= 11 is 0. The summed E-state index contributed by atoms with van der Waals surface area (Å²) < 4.78 is 0. The topological polar surface area (TPSA) is 20.3 Å². The first-order valence-corrected chi connectivity index (χ1v) is 4.94. The first kappa shape index (κ1) is 14.2. The van der Waals surface area contributed by atoms with Crippen molar-refractivity contribution in [2.75, 3.05) is 19.6 Å². The zero-order valence-corrected chi connectivity index (χ0v) is 8.81. The van der Waals surface area contributed by atoms with Crippen LogP contribution in [0.2, 0.25) is 0 Å². The molecule has 0 amide bonds. The Labute approximate surface area is 77.0 Å². The number of carbonyl (C=O) groups excluding carboxylic acids is 1. The van der Waals surface area contributed by atoms with Crippen LogP contribution in [-0.2, 0) is 4.79 Å². The summed E-state index contributed by atoms with van der Waals surface area (Å²) in [7, 11) is 0. The van der Waals surface area contributed by atoms with Crippen LogP contribution in [0.5, 0.6) is 0 Å². The maximum Gasteiger partial charge on any atom is 0.106 e. The van der Waals surface area contributed by atoms with Gasteiger partial charge < -0.3 is 9.69 Å². The van der Waals surface area contributed by atoms with E-state index in [-0.39, 0.29) is 0 Å². The molecule has 0 N–H and O–H groups in total. The van der Waals surface area contributed by atoms with Gasteiger partial charge in [-0.05, 0) is 32.5 Å². The van der Waals surface area contributed by atoms with E-state index < -0.39 is 0 Å². The Kier molecular flexibility index (Phi) is 15.6. The third kappa shape index (κ3) is 7.73. The molecule has 0 bridgehead atoms. The van der Waals surface area contributed by atoms with Crippen molar-refractivity contribution in [3.8, 4) is 0 Å². The molecule has 74 valence electrons. The predicted octanol–water partition coefficient (Wildman–Crippen LogP) is 2.33. The number of piperidine rings is 1. The lowest BCUT2D eigenvalue weighted by Crippen LogP contribution is -2.29. The molecule has 2 nitrogen and oxygen atoms in total. The van der Waals surface area contributed by atoms with Crippen LogP contribution in [-0.4, -0.2) is 31.3 Å². The van der Waals surface area contributed by atoms with Gasteiger partial charge in [0.25, 0.3) is 0 Å². The van der Waals surface area contributed by atoms with Crippen molar-refractivity contribution in [1.82, 2.24) is 4.90 Å². The van der Waals surface area contributed by atoms with E-state index in [1.54, 1.807) is 0 Å². The summed E-state index contributed by atoms with van der Waals surface area (Å²) in [4.78, 5) is 10.5. The first-order valence-electron chi connectivity index (χ1n) is 4.94. The summed E-state index contributed by atoms with van der Waals surface area (Å²) in [5, 5.41) is 0. The molecule has 1 heterocycles. The Hall–Kier alpha value is -0.370. The number of rotatable bonds is 1. The average molecular weight is 173 g/mol. The lowest BCUT2D eigenvalue weighted by molar-refractivity contribution is -0.0979. The second-order valence-corrected chi connectivity index (χ2v) is 2.49. The summed E-state index contributed by atoms with van der Waals surface area (Å²) in [5.74, 6) is 0. The van der Waals surface area contributed by atoms with Crippen LogP contribution in [0.15, 0.2) is 0 Å². The molecule has 0 radical (unpaired) electrons. The lowest BCUT2D eigenvalue weighted by Gasteiger charge is -2.24. The maximum absolute atomic E-state index is 8.00. The zero-order valence-electron chi connectivity index (χ0n) is 8.81. The summed E-state index contributed by atoms with van der Waals surface area (Å²) in [6, 6.07) is 0. The molecule has 0 unspecified atom stereocenters. The molecule has 1 aliphatic heterocycles. The van der Waals surface area contributed by atoms with E-state index in [0.717, 1.165) is 0 Å². The second-order valence-electron chi connectivity index (χ2n) is 2.49. The van der Waals surface area contributed by atoms with E-state index >= 15 is 0 Å². The van der Waals surface area contributed by atoms with Gasteiger partial charge in [-0.2, -0.15) is 0 Å². The molecule has 0 saturated carbocycles. The molecule has 1 fully saturated rings. The van der Waals surface area contributed by atoms with Gasteiger partial charge >= 0.3 is 0 Å². The highest BCUT2D eigenvalue weighted by molar-refractivity contribution is 5.10. The molecule has 0 aromatic rings. The number of likely N-dealkylation sites (tertiary alicyclic amines) is 1. The monoisotopic (exact) mass is 173 g/mol. The van der Waals surface area contributed by atoms with Crippen molar-refractivity contribution in [3.05, 3.63) is 0 Å². The van der Waals surface area contributed by atoms with Gasteiger partial charge in [-0.1, -0.05) is 27.2 Å². The standard InChI is InChI=1S/C7H15N.C2H6.CH2O/c1-2-8-6-4-3-5-7-8;2*1-2/h2-7H2,1H3;1-2H3;1H2. The van der Waals surface area contributed by atoms with Crippen LogP contribution in [0.4, 0.5) is 0 Å². The van der Waals surface area contributed by atoms with Crippen LogP contribution in [0.25, 0.3) is 0 Å². The van der Waals surface area contributed by atoms with E-state index in [0.29, 0.717) is 0 Å². The molecule has 0 aromatic carbocycles. The van der Waals surface area contributed by atoms with Gasteiger partial charge in [0.1, 0.15) is 6.79 Å². The number of nitrogens with zero attached hydrogens (tertiary/aromatic N) is 1. The van der Waals surface area contributed by atoms with Gasteiger partial charge in [-0.15, -0.1) is 0 Å². The van der Waals surface area contributed by atoms with Crippen molar-refractivity contribution in [2.45, 2.75) is 40.0 Å². The van der Waals surface area contributed by atoms with E-state index in [1.807, 2.05) is 20.6 Å². The Bertz CT molecular complexity index is 70.2. The van der Waals surface area contributed by atoms with Crippen LogP contribution >= 0.6 is 0 Å². The zero-order chi connectivity index (χ0) is 9.82. The third-order valence-corrected chi connectivity index (χ3v) is 1.90. The first-order chi connectivity index (χ1) is 5.93. The van der Waals surface area contributed by atoms with Gasteiger partial charge in [0.15, 0.2) is 0 Å². The van der Waals surface area contributed by atoms with E-state index in [2.05, 4.69) is 11.8 Å². The van der Waals surface area contributed by atoms with Crippen molar-refractivity contribution >= 4 is 6.79 Å². The average Bonchev–Trinajstić information content (AvgIpc) is 2.25. The number of hydrogen-bond donors (Lipinski definition) is 0. The molecule has 1 aliphatic rings. The SMILES string of the molecule is C=O.CC.CCN1CCCCC1. The second kappa shape index (κ2) is 13.2. The summed E-state index contributed by atoms with van der Waals surface area (Å²) in [6.45, 7) is 12.2. The van der Waals surface area contributed by atoms with Crippen LogP contribution in [0.3, 0.4) is 0 Å². The minimum absolute atomic E-state index is 1.25. The third-order valence-electron chi connectivity index (χ3n) is 1.90. The van der Waals surface area contributed by atoms with Gasteiger partial charge in [0.2, 0.25) is 0 Å². The quantitative estimate of drug-likeness (QED) is 0.606. The van der Waals surface area contributed by atoms with Crippen LogP contribution in [0, 0.1) is 0 Å². The minimum Gasteiger partial charge on any atom is -0.307 e. The molecular formula is C10H23NO. The van der Waals surface area contributed by atoms with Crippen molar-refractivity contribution < 1.29 is 4.79 Å². The van der Waals surface area contributed by atoms with Crippen molar-refractivity contribution in [1.29, 1.82) is 0 Å². The smallest absolute Gasteiger partial charge is 0.106 e. The van der Waals surface area contributed by atoms with E-state index in [4.69, 9.17) is 4.79 Å². The lowest BCUT2D eigenvalue weighted by atomic mass is 10.1. The molecule has 0 spiro atoms. The molecule has 0 atom stereocenters. The van der Waals surface area contributed by atoms with E-state index in [1.165, 1.54) is 38.9 Å². The van der Waals surface area contributed by atoms with Crippen molar-refractivity contribution in [3.63, 3.8) is 0 Å². The largest absolute Gasteiger partial charge is 0.307 e. The van der Waals surface area contributed by atoms with Crippen molar-refractivity contribution in [2.24, 2.45) is 0 Å².